The van der Waals surface area contributed by atoms with Crippen molar-refractivity contribution in [2.75, 3.05) is 0 Å². The molecule has 0 radical (unpaired) electrons. The quantitative estimate of drug-likeness (QED) is 0.768. The van der Waals surface area contributed by atoms with Gasteiger partial charge in [-0.3, -0.25) is 0 Å². The Morgan fingerprint density at radius 1 is 1.05 bits per heavy atom. The average Bonchev–Trinajstić information content (AvgIpc) is 2.16. The monoisotopic (exact) mass is 299 g/mol. The van der Waals surface area contributed by atoms with Gasteiger partial charge in [-0.2, -0.15) is 13.2 Å². The molecule has 0 saturated carbocycles. The van der Waals surface area contributed by atoms with E-state index >= 15 is 0 Å². The van der Waals surface area contributed by atoms with Crippen molar-refractivity contribution in [1.82, 2.24) is 4.98 Å². The second kappa shape index (κ2) is 4.78. The van der Waals surface area contributed by atoms with Gasteiger partial charge in [-0.05, 0) is 6.07 Å². The molecule has 1 aromatic heterocycles. The van der Waals surface area contributed by atoms with E-state index in [9.17, 15) is 39.5 Å². The molecule has 1 aromatic rings. The summed E-state index contributed by atoms with van der Waals surface area (Å²) in [5.74, 6) is -4.52. The standard InChI is InChI=1S/C8H2F9NO/c9-4-2(5(10)11)1-3(7(12,13)14)18-6(4)19-8(15,16)17/h1,5H. The Morgan fingerprint density at radius 3 is 1.95 bits per heavy atom. The first-order valence-corrected chi connectivity index (χ1v) is 4.23. The molecule has 0 fully saturated rings. The summed E-state index contributed by atoms with van der Waals surface area (Å²) < 4.78 is 112. The third-order valence-electron chi connectivity index (χ3n) is 1.69. The Labute approximate surface area is 98.3 Å². The van der Waals surface area contributed by atoms with Crippen molar-refractivity contribution in [3.63, 3.8) is 0 Å². The highest BCUT2D eigenvalue weighted by atomic mass is 19.4. The summed E-state index contributed by atoms with van der Waals surface area (Å²) in [6.45, 7) is 0. The zero-order chi connectivity index (χ0) is 15.0. The van der Waals surface area contributed by atoms with Gasteiger partial charge in [-0.25, -0.2) is 18.2 Å². The Kier molecular flexibility index (Phi) is 3.87. The van der Waals surface area contributed by atoms with Crippen molar-refractivity contribution >= 4 is 0 Å². The van der Waals surface area contributed by atoms with E-state index in [1.165, 1.54) is 0 Å². The van der Waals surface area contributed by atoms with Gasteiger partial charge in [-0.15, -0.1) is 13.2 Å². The lowest BCUT2D eigenvalue weighted by atomic mass is 10.2. The minimum Gasteiger partial charge on any atom is -0.385 e. The molecule has 11 heteroatoms. The number of nitrogens with zero attached hydrogens (tertiary/aromatic N) is 1. The van der Waals surface area contributed by atoms with Gasteiger partial charge in [0, 0.05) is 0 Å². The Morgan fingerprint density at radius 2 is 1.58 bits per heavy atom. The van der Waals surface area contributed by atoms with E-state index in [1.54, 1.807) is 0 Å². The lowest BCUT2D eigenvalue weighted by Gasteiger charge is -2.14. The number of aromatic nitrogens is 1. The number of hydrogen-bond acceptors (Lipinski definition) is 2. The van der Waals surface area contributed by atoms with E-state index in [-0.39, 0.29) is 6.07 Å². The van der Waals surface area contributed by atoms with Crippen LogP contribution in [-0.2, 0) is 6.18 Å². The first kappa shape index (κ1) is 15.4. The molecule has 0 bridgehead atoms. The smallest absolute Gasteiger partial charge is 0.385 e. The maximum Gasteiger partial charge on any atom is 0.574 e. The summed E-state index contributed by atoms with van der Waals surface area (Å²) in [5.41, 5.74) is -4.01. The molecule has 19 heavy (non-hydrogen) atoms. The average molecular weight is 299 g/mol. The van der Waals surface area contributed by atoms with Crippen LogP contribution in [0.15, 0.2) is 6.07 Å². The van der Waals surface area contributed by atoms with Gasteiger partial charge in [0.05, 0.1) is 5.56 Å². The molecule has 0 spiro atoms. The van der Waals surface area contributed by atoms with Crippen molar-refractivity contribution in [3.05, 3.63) is 23.1 Å². The third kappa shape index (κ3) is 3.89. The van der Waals surface area contributed by atoms with Crippen LogP contribution in [0.1, 0.15) is 17.7 Å². The minimum absolute atomic E-state index is 0.386. The Balaban J connectivity index is 3.41. The maximum absolute atomic E-state index is 13.1. The summed E-state index contributed by atoms with van der Waals surface area (Å²) in [4.78, 5) is 2.20. The SMILES string of the molecule is Fc1c(C(F)F)cc(C(F)(F)F)nc1OC(F)(F)F. The second-order valence-electron chi connectivity index (χ2n) is 3.06. The van der Waals surface area contributed by atoms with Crippen LogP contribution in [0.2, 0.25) is 0 Å². The molecule has 2 nitrogen and oxygen atoms in total. The number of rotatable bonds is 2. The van der Waals surface area contributed by atoms with Gasteiger partial charge in [0.25, 0.3) is 12.3 Å². The number of alkyl halides is 8. The Hall–Kier alpha value is -1.68. The highest BCUT2D eigenvalue weighted by molar-refractivity contribution is 5.30. The molecule has 0 aliphatic carbocycles. The zero-order valence-electron chi connectivity index (χ0n) is 8.41. The van der Waals surface area contributed by atoms with Crippen LogP contribution in [0.5, 0.6) is 5.88 Å². The number of ether oxygens (including phenoxy) is 1. The summed E-state index contributed by atoms with van der Waals surface area (Å²) >= 11 is 0. The third-order valence-corrected chi connectivity index (χ3v) is 1.69. The highest BCUT2D eigenvalue weighted by Gasteiger charge is 2.39. The first-order valence-electron chi connectivity index (χ1n) is 4.23. The van der Waals surface area contributed by atoms with Gasteiger partial charge < -0.3 is 4.74 Å². The van der Waals surface area contributed by atoms with E-state index in [0.717, 1.165) is 0 Å². The molecule has 0 aromatic carbocycles. The highest BCUT2D eigenvalue weighted by Crippen LogP contribution is 2.36. The number of halogens is 9. The molecule has 1 heterocycles. The normalized spacial score (nSPS) is 12.9. The summed E-state index contributed by atoms with van der Waals surface area (Å²) in [7, 11) is 0. The van der Waals surface area contributed by atoms with E-state index < -0.39 is 41.9 Å². The van der Waals surface area contributed by atoms with Crippen molar-refractivity contribution in [2.45, 2.75) is 19.0 Å². The van der Waals surface area contributed by atoms with Crippen molar-refractivity contribution in [2.24, 2.45) is 0 Å². The maximum atomic E-state index is 13.1. The first-order chi connectivity index (χ1) is 8.42. The Bertz CT molecular complexity index is 465. The van der Waals surface area contributed by atoms with E-state index in [1.807, 2.05) is 0 Å². The minimum atomic E-state index is -5.57. The summed E-state index contributed by atoms with van der Waals surface area (Å²) in [6.07, 6.45) is -14.7. The molecule has 0 atom stereocenters. The van der Waals surface area contributed by atoms with Gasteiger partial charge in [0.2, 0.25) is 0 Å². The summed E-state index contributed by atoms with van der Waals surface area (Å²) in [5, 5.41) is 0. The van der Waals surface area contributed by atoms with Crippen LogP contribution in [0.3, 0.4) is 0 Å². The van der Waals surface area contributed by atoms with Gasteiger partial charge >= 0.3 is 12.5 Å². The second-order valence-corrected chi connectivity index (χ2v) is 3.06. The predicted molar refractivity (Wildman–Crippen MR) is 40.8 cm³/mol. The molecule has 0 aliphatic rings. The van der Waals surface area contributed by atoms with Crippen molar-refractivity contribution in [3.8, 4) is 5.88 Å². The molecule has 0 amide bonds. The largest absolute Gasteiger partial charge is 0.574 e. The molecule has 1 rings (SSSR count). The molecule has 0 saturated heterocycles. The predicted octanol–water partition coefficient (Wildman–Crippen LogP) is 4.08. The lowest BCUT2D eigenvalue weighted by Crippen LogP contribution is -2.21. The van der Waals surface area contributed by atoms with Crippen molar-refractivity contribution < 1.29 is 44.3 Å². The van der Waals surface area contributed by atoms with Crippen molar-refractivity contribution in [1.29, 1.82) is 0 Å². The van der Waals surface area contributed by atoms with Crippen LogP contribution in [-0.4, -0.2) is 11.3 Å². The molecule has 108 valence electrons. The van der Waals surface area contributed by atoms with E-state index in [0.29, 0.717) is 0 Å². The van der Waals surface area contributed by atoms with E-state index in [2.05, 4.69) is 9.72 Å². The van der Waals surface area contributed by atoms with Crippen LogP contribution in [0.4, 0.5) is 39.5 Å². The molecule has 0 unspecified atom stereocenters. The fraction of sp³-hybridized carbons (Fsp3) is 0.375. The fourth-order valence-electron chi connectivity index (χ4n) is 1.01. The van der Waals surface area contributed by atoms with Crippen LogP contribution in [0.25, 0.3) is 0 Å². The molecule has 0 aliphatic heterocycles. The topological polar surface area (TPSA) is 22.1 Å². The molecule has 0 N–H and O–H groups in total. The number of pyridine rings is 1. The summed E-state index contributed by atoms with van der Waals surface area (Å²) in [6, 6.07) is -0.386. The van der Waals surface area contributed by atoms with Crippen LogP contribution in [0, 0.1) is 5.82 Å². The van der Waals surface area contributed by atoms with Crippen LogP contribution >= 0.6 is 0 Å². The zero-order valence-corrected chi connectivity index (χ0v) is 8.41. The van der Waals surface area contributed by atoms with Gasteiger partial charge in [-0.1, -0.05) is 0 Å². The molecular weight excluding hydrogens is 297 g/mol. The van der Waals surface area contributed by atoms with Crippen LogP contribution < -0.4 is 4.74 Å². The fourth-order valence-corrected chi connectivity index (χ4v) is 1.01. The van der Waals surface area contributed by atoms with Gasteiger partial charge in [0.1, 0.15) is 5.69 Å². The van der Waals surface area contributed by atoms with Gasteiger partial charge in [0.15, 0.2) is 5.82 Å². The number of hydrogen-bond donors (Lipinski definition) is 0. The lowest BCUT2D eigenvalue weighted by molar-refractivity contribution is -0.277. The van der Waals surface area contributed by atoms with E-state index in [4.69, 9.17) is 0 Å². The molecular formula is C8H2F9NO.